The summed E-state index contributed by atoms with van der Waals surface area (Å²) in [6, 6.07) is 9.99. The highest BCUT2D eigenvalue weighted by molar-refractivity contribution is 6.06. The van der Waals surface area contributed by atoms with Crippen molar-refractivity contribution < 1.29 is 19.1 Å². The first-order valence-electron chi connectivity index (χ1n) is 10.9. The van der Waals surface area contributed by atoms with Crippen molar-refractivity contribution in [3.8, 4) is 0 Å². The van der Waals surface area contributed by atoms with Crippen LogP contribution >= 0.6 is 0 Å². The van der Waals surface area contributed by atoms with Gasteiger partial charge >= 0.3 is 0 Å². The zero-order chi connectivity index (χ0) is 20.1. The van der Waals surface area contributed by atoms with Crippen LogP contribution in [0.3, 0.4) is 0 Å². The van der Waals surface area contributed by atoms with Gasteiger partial charge in [-0.25, -0.2) is 0 Å². The number of nitrogens with zero attached hydrogens (tertiary/aromatic N) is 1. The molecule has 1 aliphatic carbocycles. The maximum Gasteiger partial charge on any atom is 0.238 e. The molecule has 4 atom stereocenters. The van der Waals surface area contributed by atoms with Crippen molar-refractivity contribution in [3.05, 3.63) is 35.9 Å². The van der Waals surface area contributed by atoms with Gasteiger partial charge in [0.1, 0.15) is 0 Å². The molecule has 1 aromatic rings. The van der Waals surface area contributed by atoms with E-state index in [-0.39, 0.29) is 23.8 Å². The molecule has 156 valence electrons. The first kappa shape index (κ1) is 19.2. The Morgan fingerprint density at radius 3 is 2.59 bits per heavy atom. The lowest BCUT2D eigenvalue weighted by Gasteiger charge is -2.38. The maximum absolute atomic E-state index is 13.9. The number of carbonyl (C=O) groups is 2. The normalized spacial score (nSPS) is 36.2. The van der Waals surface area contributed by atoms with Crippen molar-refractivity contribution in [2.75, 3.05) is 13.2 Å². The summed E-state index contributed by atoms with van der Waals surface area (Å²) >= 11 is 0. The van der Waals surface area contributed by atoms with Gasteiger partial charge in [0.05, 0.1) is 25.2 Å². The fraction of sp³-hybridized carbons (Fsp3) is 0.652. The van der Waals surface area contributed by atoms with Crippen molar-refractivity contribution in [1.82, 2.24) is 10.2 Å². The topological polar surface area (TPSA) is 67.9 Å². The Morgan fingerprint density at radius 1 is 1.10 bits per heavy atom. The molecule has 1 N–H and O–H groups in total. The number of carbonyl (C=O) groups excluding carboxylic acids is 2. The molecule has 2 unspecified atom stereocenters. The molecule has 3 saturated heterocycles. The fourth-order valence-corrected chi connectivity index (χ4v) is 6.17. The third kappa shape index (κ3) is 3.13. The first-order chi connectivity index (χ1) is 14.0. The van der Waals surface area contributed by atoms with E-state index in [2.05, 4.69) is 5.32 Å². The van der Waals surface area contributed by atoms with E-state index in [1.165, 1.54) is 11.3 Å². The number of likely N-dealkylation sites (tertiary alicyclic amines) is 1. The van der Waals surface area contributed by atoms with Gasteiger partial charge in [0, 0.05) is 24.9 Å². The molecule has 3 heterocycles. The van der Waals surface area contributed by atoms with Gasteiger partial charge in [0.25, 0.3) is 0 Å². The molecular formula is C23H30N2O4. The zero-order valence-electron chi connectivity index (χ0n) is 17.1. The molecule has 6 heteroatoms. The van der Waals surface area contributed by atoms with E-state index in [0.29, 0.717) is 38.6 Å². The van der Waals surface area contributed by atoms with Gasteiger partial charge in [0.15, 0.2) is 5.79 Å². The van der Waals surface area contributed by atoms with Gasteiger partial charge in [0.2, 0.25) is 11.8 Å². The summed E-state index contributed by atoms with van der Waals surface area (Å²) in [5.74, 6) is -0.521. The number of benzene rings is 1. The summed E-state index contributed by atoms with van der Waals surface area (Å²) in [6.07, 6.45) is 5.27. The molecule has 2 amide bonds. The third-order valence-electron chi connectivity index (χ3n) is 7.51. The lowest BCUT2D eigenvalue weighted by molar-refractivity contribution is -0.160. The largest absolute Gasteiger partial charge is 0.348 e. The lowest BCUT2D eigenvalue weighted by Crippen LogP contribution is -2.49. The van der Waals surface area contributed by atoms with Gasteiger partial charge in [-0.05, 0) is 31.2 Å². The van der Waals surface area contributed by atoms with Crippen molar-refractivity contribution in [1.29, 1.82) is 0 Å². The average molecular weight is 399 g/mol. The molecule has 5 rings (SSSR count). The molecule has 29 heavy (non-hydrogen) atoms. The Bertz CT molecular complexity index is 791. The van der Waals surface area contributed by atoms with Crippen molar-refractivity contribution in [2.24, 2.45) is 11.3 Å². The number of hydrogen-bond donors (Lipinski definition) is 1. The Kier molecular flexibility index (Phi) is 4.76. The van der Waals surface area contributed by atoms with Gasteiger partial charge in [-0.15, -0.1) is 0 Å². The van der Waals surface area contributed by atoms with Crippen LogP contribution in [0.5, 0.6) is 0 Å². The van der Waals surface area contributed by atoms with Crippen LogP contribution < -0.4 is 5.32 Å². The van der Waals surface area contributed by atoms with Gasteiger partial charge < -0.3 is 14.8 Å². The van der Waals surface area contributed by atoms with E-state index in [1.54, 1.807) is 0 Å². The molecule has 1 aromatic carbocycles. The Labute approximate surface area is 171 Å². The quantitative estimate of drug-likeness (QED) is 0.790. The predicted octanol–water partition coefficient (Wildman–Crippen LogP) is 2.62. The molecular weight excluding hydrogens is 368 g/mol. The molecule has 4 aliphatic rings. The monoisotopic (exact) mass is 398 g/mol. The summed E-state index contributed by atoms with van der Waals surface area (Å²) < 4.78 is 11.7. The predicted molar refractivity (Wildman–Crippen MR) is 107 cm³/mol. The lowest BCUT2D eigenvalue weighted by atomic mass is 9.65. The third-order valence-corrected chi connectivity index (χ3v) is 7.51. The Morgan fingerprint density at radius 2 is 1.83 bits per heavy atom. The molecule has 6 nitrogen and oxygen atoms in total. The fourth-order valence-electron chi connectivity index (χ4n) is 6.17. The number of fused-ring (bicyclic) bond motifs is 2. The number of ether oxygens (including phenoxy) is 2. The molecule has 0 radical (unpaired) electrons. The van der Waals surface area contributed by atoms with E-state index in [0.717, 1.165) is 24.8 Å². The second-order valence-corrected chi connectivity index (χ2v) is 9.24. The summed E-state index contributed by atoms with van der Waals surface area (Å²) in [4.78, 5) is 28.5. The van der Waals surface area contributed by atoms with E-state index in [1.807, 2.05) is 37.3 Å². The second kappa shape index (κ2) is 7.18. The van der Waals surface area contributed by atoms with E-state index in [4.69, 9.17) is 9.47 Å². The van der Waals surface area contributed by atoms with Crippen LogP contribution in [-0.2, 0) is 25.6 Å². The molecule has 3 aliphatic heterocycles. The minimum atomic E-state index is -0.686. The minimum absolute atomic E-state index is 0.000139. The zero-order valence-corrected chi connectivity index (χ0v) is 17.1. The minimum Gasteiger partial charge on any atom is -0.348 e. The van der Waals surface area contributed by atoms with Crippen LogP contribution in [0.25, 0.3) is 0 Å². The number of hydrogen-bond acceptors (Lipinski definition) is 5. The Balaban J connectivity index is 1.47. The highest BCUT2D eigenvalue weighted by Gasteiger charge is 2.66. The maximum atomic E-state index is 13.9. The standard InChI is InChI=1S/C23H30N2O4/c1-22(28-11-12-29-22)13-19-23(17-9-5-6-10-18(17)24-19)14-20(26)25(21(23)27)15-16-7-3-2-4-8-16/h2-4,7-8,17-19,24H,5-6,9-15H2,1H3/t17?,18?,19-,23-/m0/s1. The number of rotatable bonds is 4. The summed E-state index contributed by atoms with van der Waals surface area (Å²) in [7, 11) is 0. The number of amides is 2. The smallest absolute Gasteiger partial charge is 0.238 e. The summed E-state index contributed by atoms with van der Waals surface area (Å²) in [5, 5.41) is 3.75. The van der Waals surface area contributed by atoms with Crippen LogP contribution in [0.15, 0.2) is 30.3 Å². The molecule has 1 spiro atoms. The van der Waals surface area contributed by atoms with Crippen molar-refractivity contribution in [3.63, 3.8) is 0 Å². The molecule has 0 aromatic heterocycles. The van der Waals surface area contributed by atoms with Gasteiger partial charge in [-0.2, -0.15) is 0 Å². The average Bonchev–Trinajstić information content (AvgIpc) is 3.35. The molecule has 0 bridgehead atoms. The SMILES string of the molecule is CC1(C[C@@H]2NC3CCCCC3[C@@]23CC(=O)N(Cc2ccccc2)C3=O)OCCO1. The Hall–Kier alpha value is -1.76. The van der Waals surface area contributed by atoms with Gasteiger partial charge in [-0.3, -0.25) is 14.5 Å². The second-order valence-electron chi connectivity index (χ2n) is 9.24. The summed E-state index contributed by atoms with van der Waals surface area (Å²) in [5.41, 5.74) is 0.318. The number of nitrogens with one attached hydrogen (secondary N) is 1. The summed E-state index contributed by atoms with van der Waals surface area (Å²) in [6.45, 7) is 3.47. The van der Waals surface area contributed by atoms with E-state index >= 15 is 0 Å². The first-order valence-corrected chi connectivity index (χ1v) is 10.9. The highest BCUT2D eigenvalue weighted by atomic mass is 16.7. The van der Waals surface area contributed by atoms with E-state index in [9.17, 15) is 9.59 Å². The van der Waals surface area contributed by atoms with Crippen LogP contribution in [0.4, 0.5) is 0 Å². The van der Waals surface area contributed by atoms with Crippen molar-refractivity contribution in [2.45, 2.75) is 69.9 Å². The van der Waals surface area contributed by atoms with Crippen molar-refractivity contribution >= 4 is 11.8 Å². The number of imide groups is 1. The van der Waals surface area contributed by atoms with Crippen LogP contribution in [0, 0.1) is 11.3 Å². The highest BCUT2D eigenvalue weighted by Crippen LogP contribution is 2.55. The van der Waals surface area contributed by atoms with Crippen LogP contribution in [0.2, 0.25) is 0 Å². The van der Waals surface area contributed by atoms with Crippen LogP contribution in [0.1, 0.15) is 51.0 Å². The molecule has 4 fully saturated rings. The van der Waals surface area contributed by atoms with Gasteiger partial charge in [-0.1, -0.05) is 43.2 Å². The molecule has 1 saturated carbocycles. The van der Waals surface area contributed by atoms with Crippen LogP contribution in [-0.4, -0.2) is 47.8 Å². The van der Waals surface area contributed by atoms with E-state index < -0.39 is 11.2 Å².